The summed E-state index contributed by atoms with van der Waals surface area (Å²) >= 11 is 0. The number of rotatable bonds is 3. The molecule has 1 heterocycles. The van der Waals surface area contributed by atoms with E-state index in [-0.39, 0.29) is 0 Å². The van der Waals surface area contributed by atoms with Crippen molar-refractivity contribution in [1.82, 2.24) is 0 Å². The number of hydrogen-bond donors (Lipinski definition) is 1. The minimum absolute atomic E-state index is 0.469. The highest BCUT2D eigenvalue weighted by molar-refractivity contribution is 4.97. The fourth-order valence-electron chi connectivity index (χ4n) is 1.86. The van der Waals surface area contributed by atoms with Crippen molar-refractivity contribution in [3.63, 3.8) is 0 Å². The Kier molecular flexibility index (Phi) is 3.33. The Morgan fingerprint density at radius 3 is 2.54 bits per heavy atom. The molecule has 0 aromatic carbocycles. The zero-order valence-electron chi connectivity index (χ0n) is 8.80. The molecule has 0 bridgehead atoms. The maximum atomic E-state index is 10.0. The summed E-state index contributed by atoms with van der Waals surface area (Å²) < 4.78 is 10.8. The summed E-state index contributed by atoms with van der Waals surface area (Å²) in [5.41, 5.74) is -1.33. The van der Waals surface area contributed by atoms with E-state index < -0.39 is 11.2 Å². The molecule has 1 unspecified atom stereocenters. The fraction of sp³-hybridized carbons (Fsp3) is 1.00. The van der Waals surface area contributed by atoms with Gasteiger partial charge in [-0.3, -0.25) is 0 Å². The third-order valence-corrected chi connectivity index (χ3v) is 2.85. The van der Waals surface area contributed by atoms with Crippen LogP contribution in [0.5, 0.6) is 0 Å². The SMILES string of the molecule is COCC1(C(C)(C)O)CCCCO1. The average molecular weight is 188 g/mol. The van der Waals surface area contributed by atoms with Crippen molar-refractivity contribution in [1.29, 1.82) is 0 Å². The Morgan fingerprint density at radius 1 is 1.46 bits per heavy atom. The zero-order valence-corrected chi connectivity index (χ0v) is 8.80. The first-order valence-electron chi connectivity index (χ1n) is 4.87. The molecular weight excluding hydrogens is 168 g/mol. The van der Waals surface area contributed by atoms with Crippen LogP contribution in [-0.2, 0) is 9.47 Å². The van der Waals surface area contributed by atoms with Crippen molar-refractivity contribution >= 4 is 0 Å². The Hall–Kier alpha value is -0.120. The predicted molar refractivity (Wildman–Crippen MR) is 50.7 cm³/mol. The first kappa shape index (κ1) is 11.0. The minimum atomic E-state index is -0.830. The van der Waals surface area contributed by atoms with Gasteiger partial charge in [-0.15, -0.1) is 0 Å². The summed E-state index contributed by atoms with van der Waals surface area (Å²) in [7, 11) is 1.64. The van der Waals surface area contributed by atoms with Gasteiger partial charge in [-0.1, -0.05) is 0 Å². The number of aliphatic hydroxyl groups is 1. The van der Waals surface area contributed by atoms with Gasteiger partial charge in [0, 0.05) is 13.7 Å². The zero-order chi connectivity index (χ0) is 9.95. The summed E-state index contributed by atoms with van der Waals surface area (Å²) in [6.45, 7) is 4.78. The first-order valence-corrected chi connectivity index (χ1v) is 4.87. The molecule has 13 heavy (non-hydrogen) atoms. The van der Waals surface area contributed by atoms with Crippen molar-refractivity contribution in [2.45, 2.75) is 44.3 Å². The second kappa shape index (κ2) is 3.95. The van der Waals surface area contributed by atoms with Crippen LogP contribution in [0, 0.1) is 0 Å². The molecule has 78 valence electrons. The molecule has 1 rings (SSSR count). The third kappa shape index (κ3) is 2.22. The highest BCUT2D eigenvalue weighted by atomic mass is 16.6. The summed E-state index contributed by atoms with van der Waals surface area (Å²) in [6.07, 6.45) is 3.07. The van der Waals surface area contributed by atoms with Gasteiger partial charge in [-0.05, 0) is 33.1 Å². The molecule has 0 aromatic heterocycles. The van der Waals surface area contributed by atoms with Gasteiger partial charge in [0.2, 0.25) is 0 Å². The van der Waals surface area contributed by atoms with Gasteiger partial charge in [0.25, 0.3) is 0 Å². The summed E-state index contributed by atoms with van der Waals surface area (Å²) in [5.74, 6) is 0. The van der Waals surface area contributed by atoms with E-state index in [0.29, 0.717) is 6.61 Å². The van der Waals surface area contributed by atoms with Gasteiger partial charge < -0.3 is 14.6 Å². The number of ether oxygens (including phenoxy) is 2. The first-order chi connectivity index (χ1) is 6.02. The quantitative estimate of drug-likeness (QED) is 0.726. The van der Waals surface area contributed by atoms with E-state index in [1.165, 1.54) is 0 Å². The van der Waals surface area contributed by atoms with E-state index in [1.54, 1.807) is 21.0 Å². The lowest BCUT2D eigenvalue weighted by molar-refractivity contribution is -0.209. The van der Waals surface area contributed by atoms with Crippen LogP contribution in [0.2, 0.25) is 0 Å². The van der Waals surface area contributed by atoms with E-state index in [1.807, 2.05) is 0 Å². The molecule has 0 aliphatic carbocycles. The standard InChI is InChI=1S/C10H20O3/c1-9(2,11)10(8-12-3)6-4-5-7-13-10/h11H,4-8H2,1-3H3. The van der Waals surface area contributed by atoms with Crippen LogP contribution >= 0.6 is 0 Å². The number of hydrogen-bond acceptors (Lipinski definition) is 3. The molecule has 0 saturated carbocycles. The average Bonchev–Trinajstić information content (AvgIpc) is 2.04. The van der Waals surface area contributed by atoms with Crippen molar-refractivity contribution in [3.05, 3.63) is 0 Å². The molecule has 1 N–H and O–H groups in total. The predicted octanol–water partition coefficient (Wildman–Crippen LogP) is 1.34. The highest BCUT2D eigenvalue weighted by Gasteiger charge is 2.46. The topological polar surface area (TPSA) is 38.7 Å². The fourth-order valence-corrected chi connectivity index (χ4v) is 1.86. The summed E-state index contributed by atoms with van der Waals surface area (Å²) in [6, 6.07) is 0. The van der Waals surface area contributed by atoms with Crippen LogP contribution in [-0.4, -0.2) is 36.6 Å². The third-order valence-electron chi connectivity index (χ3n) is 2.85. The van der Waals surface area contributed by atoms with Crippen molar-refractivity contribution in [2.75, 3.05) is 20.3 Å². The molecule has 0 aromatic rings. The normalized spacial score (nSPS) is 30.5. The van der Waals surface area contributed by atoms with Crippen LogP contribution in [0.15, 0.2) is 0 Å². The maximum absolute atomic E-state index is 10.0. The largest absolute Gasteiger partial charge is 0.387 e. The van der Waals surface area contributed by atoms with Gasteiger partial charge in [0.15, 0.2) is 0 Å². The van der Waals surface area contributed by atoms with Crippen LogP contribution in [0.3, 0.4) is 0 Å². The summed E-state index contributed by atoms with van der Waals surface area (Å²) in [4.78, 5) is 0. The van der Waals surface area contributed by atoms with Crippen LogP contribution in [0.4, 0.5) is 0 Å². The molecule has 3 heteroatoms. The molecule has 1 atom stereocenters. The van der Waals surface area contributed by atoms with Crippen molar-refractivity contribution in [2.24, 2.45) is 0 Å². The molecule has 3 nitrogen and oxygen atoms in total. The second-order valence-electron chi connectivity index (χ2n) is 4.29. The van der Waals surface area contributed by atoms with E-state index in [2.05, 4.69) is 0 Å². The smallest absolute Gasteiger partial charge is 0.119 e. The second-order valence-corrected chi connectivity index (χ2v) is 4.29. The lowest BCUT2D eigenvalue weighted by Gasteiger charge is -2.45. The Labute approximate surface area is 80.0 Å². The molecule has 1 saturated heterocycles. The van der Waals surface area contributed by atoms with E-state index in [0.717, 1.165) is 25.9 Å². The molecular formula is C10H20O3. The van der Waals surface area contributed by atoms with Crippen LogP contribution in [0.25, 0.3) is 0 Å². The van der Waals surface area contributed by atoms with Gasteiger partial charge in [0.05, 0.1) is 12.2 Å². The van der Waals surface area contributed by atoms with Gasteiger partial charge in [-0.2, -0.15) is 0 Å². The summed E-state index contributed by atoms with van der Waals surface area (Å²) in [5, 5.41) is 10.0. The molecule has 1 aliphatic rings. The van der Waals surface area contributed by atoms with Gasteiger partial charge >= 0.3 is 0 Å². The lowest BCUT2D eigenvalue weighted by atomic mass is 9.80. The van der Waals surface area contributed by atoms with Crippen LogP contribution in [0.1, 0.15) is 33.1 Å². The lowest BCUT2D eigenvalue weighted by Crippen LogP contribution is -2.56. The van der Waals surface area contributed by atoms with Crippen molar-refractivity contribution in [3.8, 4) is 0 Å². The molecule has 1 fully saturated rings. The molecule has 0 spiro atoms. The van der Waals surface area contributed by atoms with E-state index in [9.17, 15) is 5.11 Å². The highest BCUT2D eigenvalue weighted by Crippen LogP contribution is 2.35. The molecule has 0 radical (unpaired) electrons. The Morgan fingerprint density at radius 2 is 2.15 bits per heavy atom. The van der Waals surface area contributed by atoms with Gasteiger partial charge in [-0.25, -0.2) is 0 Å². The Balaban J connectivity index is 2.73. The minimum Gasteiger partial charge on any atom is -0.387 e. The molecule has 1 aliphatic heterocycles. The van der Waals surface area contributed by atoms with E-state index >= 15 is 0 Å². The number of methoxy groups -OCH3 is 1. The van der Waals surface area contributed by atoms with Crippen LogP contribution < -0.4 is 0 Å². The van der Waals surface area contributed by atoms with Gasteiger partial charge in [0.1, 0.15) is 5.60 Å². The van der Waals surface area contributed by atoms with E-state index in [4.69, 9.17) is 9.47 Å². The van der Waals surface area contributed by atoms with Crippen molar-refractivity contribution < 1.29 is 14.6 Å². The monoisotopic (exact) mass is 188 g/mol. The molecule has 0 amide bonds. The maximum Gasteiger partial charge on any atom is 0.119 e. The Bertz CT molecular complexity index is 149.